The minimum atomic E-state index is -0.494. The van der Waals surface area contributed by atoms with Gasteiger partial charge in [-0.3, -0.25) is 0 Å². The van der Waals surface area contributed by atoms with Crippen LogP contribution >= 0.6 is 0 Å². The molecule has 0 saturated carbocycles. The summed E-state index contributed by atoms with van der Waals surface area (Å²) >= 11 is 0. The Hall–Kier alpha value is -2.10. The molecule has 2 N–H and O–H groups in total. The molecule has 6 nitrogen and oxygen atoms in total. The van der Waals surface area contributed by atoms with E-state index in [-0.39, 0.29) is 12.3 Å². The van der Waals surface area contributed by atoms with E-state index in [4.69, 9.17) is 25.2 Å². The van der Waals surface area contributed by atoms with Crippen molar-refractivity contribution in [2.45, 2.75) is 0 Å². The standard InChI is InChI=1S/C13H16N2O4/c1-17-4-5-18-6-7-19-13(16)10-2-3-11(9-14)12(15)8-10/h2-3,8H,4-7,15H2,1H3. The first kappa shape index (κ1) is 15.0. The Balaban J connectivity index is 2.38. The lowest BCUT2D eigenvalue weighted by molar-refractivity contribution is 0.0214. The van der Waals surface area contributed by atoms with Crippen molar-refractivity contribution >= 4 is 11.7 Å². The molecule has 0 bridgehead atoms. The molecule has 0 saturated heterocycles. The highest BCUT2D eigenvalue weighted by Gasteiger charge is 2.09. The zero-order chi connectivity index (χ0) is 14.1. The summed E-state index contributed by atoms with van der Waals surface area (Å²) in [6.07, 6.45) is 0. The van der Waals surface area contributed by atoms with Gasteiger partial charge in [0.15, 0.2) is 0 Å². The van der Waals surface area contributed by atoms with Crippen molar-refractivity contribution in [3.8, 4) is 6.07 Å². The molecule has 0 heterocycles. The first-order valence-electron chi connectivity index (χ1n) is 5.72. The summed E-state index contributed by atoms with van der Waals surface area (Å²) < 4.78 is 14.9. The minimum Gasteiger partial charge on any atom is -0.460 e. The number of nitrogens with zero attached hydrogens (tertiary/aromatic N) is 1. The summed E-state index contributed by atoms with van der Waals surface area (Å²) in [5, 5.41) is 8.72. The number of ether oxygens (including phenoxy) is 3. The van der Waals surface area contributed by atoms with Gasteiger partial charge >= 0.3 is 5.97 Å². The lowest BCUT2D eigenvalue weighted by Crippen LogP contribution is -2.13. The molecule has 19 heavy (non-hydrogen) atoms. The first-order chi connectivity index (χ1) is 9.19. The molecule has 0 fully saturated rings. The number of carbonyl (C=O) groups excluding carboxylic acids is 1. The number of anilines is 1. The lowest BCUT2D eigenvalue weighted by atomic mass is 10.1. The van der Waals surface area contributed by atoms with Crippen molar-refractivity contribution in [1.82, 2.24) is 0 Å². The van der Waals surface area contributed by atoms with Crippen molar-refractivity contribution < 1.29 is 19.0 Å². The molecule has 0 spiro atoms. The second-order valence-electron chi connectivity index (χ2n) is 3.65. The summed E-state index contributed by atoms with van der Waals surface area (Å²) in [6.45, 7) is 1.42. The molecule has 0 aromatic heterocycles. The van der Waals surface area contributed by atoms with Gasteiger partial charge in [0.1, 0.15) is 12.7 Å². The smallest absolute Gasteiger partial charge is 0.338 e. The summed E-state index contributed by atoms with van der Waals surface area (Å²) in [6, 6.07) is 6.34. The number of hydrogen-bond acceptors (Lipinski definition) is 6. The number of esters is 1. The molecular formula is C13H16N2O4. The predicted molar refractivity (Wildman–Crippen MR) is 68.5 cm³/mol. The molecule has 1 rings (SSSR count). The zero-order valence-corrected chi connectivity index (χ0v) is 10.7. The molecule has 0 radical (unpaired) electrons. The summed E-state index contributed by atoms with van der Waals surface area (Å²) in [5.74, 6) is -0.494. The van der Waals surface area contributed by atoms with Gasteiger partial charge in [-0.25, -0.2) is 4.79 Å². The Morgan fingerprint density at radius 2 is 2.05 bits per heavy atom. The van der Waals surface area contributed by atoms with Crippen molar-refractivity contribution in [1.29, 1.82) is 5.26 Å². The van der Waals surface area contributed by atoms with Crippen LogP contribution in [0.15, 0.2) is 18.2 Å². The third-order valence-electron chi connectivity index (χ3n) is 2.30. The van der Waals surface area contributed by atoms with Crippen LogP contribution in [0.3, 0.4) is 0 Å². The molecular weight excluding hydrogens is 248 g/mol. The van der Waals surface area contributed by atoms with E-state index in [1.54, 1.807) is 7.11 Å². The zero-order valence-electron chi connectivity index (χ0n) is 10.7. The molecule has 0 aliphatic carbocycles. The van der Waals surface area contributed by atoms with Crippen molar-refractivity contribution in [2.24, 2.45) is 0 Å². The van der Waals surface area contributed by atoms with Gasteiger partial charge in [-0.15, -0.1) is 0 Å². The topological polar surface area (TPSA) is 94.6 Å². The molecule has 0 atom stereocenters. The van der Waals surface area contributed by atoms with Crippen LogP contribution in [0.2, 0.25) is 0 Å². The van der Waals surface area contributed by atoms with Gasteiger partial charge in [0.25, 0.3) is 0 Å². The van der Waals surface area contributed by atoms with Gasteiger partial charge in [0.2, 0.25) is 0 Å². The van der Waals surface area contributed by atoms with Gasteiger partial charge < -0.3 is 19.9 Å². The first-order valence-corrected chi connectivity index (χ1v) is 5.72. The van der Waals surface area contributed by atoms with Crippen LogP contribution < -0.4 is 5.73 Å². The maximum Gasteiger partial charge on any atom is 0.338 e. The second-order valence-corrected chi connectivity index (χ2v) is 3.65. The maximum atomic E-state index is 11.6. The average molecular weight is 264 g/mol. The van der Waals surface area contributed by atoms with E-state index < -0.39 is 5.97 Å². The number of methoxy groups -OCH3 is 1. The Morgan fingerprint density at radius 1 is 1.32 bits per heavy atom. The fourth-order valence-corrected chi connectivity index (χ4v) is 1.31. The van der Waals surface area contributed by atoms with Crippen LogP contribution in [-0.2, 0) is 14.2 Å². The second kappa shape index (κ2) is 8.08. The van der Waals surface area contributed by atoms with Crippen molar-refractivity contribution in [2.75, 3.05) is 39.3 Å². The van der Waals surface area contributed by atoms with Crippen LogP contribution in [0.25, 0.3) is 0 Å². The molecule has 1 aromatic carbocycles. The SMILES string of the molecule is COCCOCCOC(=O)c1ccc(C#N)c(N)c1. The Morgan fingerprint density at radius 3 is 2.68 bits per heavy atom. The van der Waals surface area contributed by atoms with E-state index in [2.05, 4.69) is 0 Å². The van der Waals surface area contributed by atoms with E-state index >= 15 is 0 Å². The monoisotopic (exact) mass is 264 g/mol. The summed E-state index contributed by atoms with van der Waals surface area (Å²) in [5.41, 5.74) is 6.51. The third-order valence-corrected chi connectivity index (χ3v) is 2.30. The van der Waals surface area contributed by atoms with E-state index in [9.17, 15) is 4.79 Å². The number of carbonyl (C=O) groups is 1. The summed E-state index contributed by atoms with van der Waals surface area (Å²) in [7, 11) is 1.58. The highest BCUT2D eigenvalue weighted by atomic mass is 16.6. The van der Waals surface area contributed by atoms with Gasteiger partial charge in [0, 0.05) is 7.11 Å². The molecule has 0 unspecified atom stereocenters. The van der Waals surface area contributed by atoms with Crippen molar-refractivity contribution in [3.05, 3.63) is 29.3 Å². The molecule has 1 aromatic rings. The van der Waals surface area contributed by atoms with E-state index in [0.717, 1.165) is 0 Å². The van der Waals surface area contributed by atoms with Crippen LogP contribution in [0.1, 0.15) is 15.9 Å². The number of hydrogen-bond donors (Lipinski definition) is 1. The van der Waals surface area contributed by atoms with Crippen LogP contribution in [-0.4, -0.2) is 39.5 Å². The number of rotatable bonds is 7. The Bertz CT molecular complexity index is 468. The summed E-state index contributed by atoms with van der Waals surface area (Å²) in [4.78, 5) is 11.6. The van der Waals surface area contributed by atoms with Crippen LogP contribution in [0.5, 0.6) is 0 Å². The van der Waals surface area contributed by atoms with Gasteiger partial charge in [0.05, 0.1) is 36.6 Å². The number of nitrogens with two attached hydrogens (primary N) is 1. The highest BCUT2D eigenvalue weighted by molar-refractivity contribution is 5.90. The number of nitrogen functional groups attached to an aromatic ring is 1. The average Bonchev–Trinajstić information content (AvgIpc) is 2.42. The largest absolute Gasteiger partial charge is 0.460 e. The van der Waals surface area contributed by atoms with E-state index in [1.165, 1.54) is 18.2 Å². The molecule has 6 heteroatoms. The molecule has 0 aliphatic rings. The Labute approximate surface area is 111 Å². The van der Waals surface area contributed by atoms with E-state index in [1.807, 2.05) is 6.07 Å². The number of nitriles is 1. The minimum absolute atomic E-state index is 0.155. The predicted octanol–water partition coefficient (Wildman–Crippen LogP) is 0.960. The van der Waals surface area contributed by atoms with Crippen LogP contribution in [0.4, 0.5) is 5.69 Å². The van der Waals surface area contributed by atoms with Gasteiger partial charge in [-0.1, -0.05) is 0 Å². The molecule has 0 amide bonds. The van der Waals surface area contributed by atoms with Crippen molar-refractivity contribution in [3.63, 3.8) is 0 Å². The molecule has 0 aliphatic heterocycles. The fourth-order valence-electron chi connectivity index (χ4n) is 1.31. The highest BCUT2D eigenvalue weighted by Crippen LogP contribution is 2.13. The van der Waals surface area contributed by atoms with Gasteiger partial charge in [-0.2, -0.15) is 5.26 Å². The molecule has 102 valence electrons. The lowest BCUT2D eigenvalue weighted by Gasteiger charge is -2.06. The quantitative estimate of drug-likeness (QED) is 0.448. The van der Waals surface area contributed by atoms with E-state index in [0.29, 0.717) is 30.9 Å². The normalized spacial score (nSPS) is 9.89. The van der Waals surface area contributed by atoms with Gasteiger partial charge in [-0.05, 0) is 18.2 Å². The van der Waals surface area contributed by atoms with Crippen LogP contribution in [0, 0.1) is 11.3 Å². The third kappa shape index (κ3) is 4.95. The Kier molecular flexibility index (Phi) is 6.36. The fraction of sp³-hybridized carbons (Fsp3) is 0.385. The maximum absolute atomic E-state index is 11.6. The number of benzene rings is 1.